The second-order valence-corrected chi connectivity index (χ2v) is 8.19. The molecule has 5 rings (SSSR count). The summed E-state index contributed by atoms with van der Waals surface area (Å²) in [6.07, 6.45) is 0. The molecule has 1 aliphatic rings. The van der Waals surface area contributed by atoms with Gasteiger partial charge < -0.3 is 14.2 Å². The molecule has 1 N–H and O–H groups in total. The van der Waals surface area contributed by atoms with Crippen LogP contribution in [0.25, 0.3) is 11.3 Å². The van der Waals surface area contributed by atoms with Gasteiger partial charge in [-0.2, -0.15) is 5.10 Å². The number of benzene rings is 3. The summed E-state index contributed by atoms with van der Waals surface area (Å²) in [6.45, 7) is 2.05. The van der Waals surface area contributed by atoms with E-state index in [0.29, 0.717) is 34.1 Å². The zero-order chi connectivity index (χ0) is 25.2. The first-order chi connectivity index (χ1) is 17.6. The van der Waals surface area contributed by atoms with Crippen molar-refractivity contribution < 1.29 is 23.8 Å². The van der Waals surface area contributed by atoms with E-state index in [1.807, 2.05) is 48.5 Å². The van der Waals surface area contributed by atoms with Crippen LogP contribution < -0.4 is 14.4 Å². The number of amides is 1. The smallest absolute Gasteiger partial charge is 0.338 e. The van der Waals surface area contributed by atoms with Gasteiger partial charge in [-0.15, -0.1) is 0 Å². The number of ether oxygens (including phenoxy) is 3. The number of hydrogen-bond acceptors (Lipinski definition) is 6. The topological polar surface area (TPSA) is 93.8 Å². The highest BCUT2D eigenvalue weighted by Gasteiger charge is 2.43. The second-order valence-electron chi connectivity index (χ2n) is 8.19. The Balaban J connectivity index is 1.66. The fraction of sp³-hybridized carbons (Fsp3) is 0.179. The monoisotopic (exact) mass is 483 g/mol. The minimum absolute atomic E-state index is 0.219. The molecule has 4 aromatic rings. The summed E-state index contributed by atoms with van der Waals surface area (Å²) < 4.78 is 16.1. The Morgan fingerprint density at radius 3 is 2.36 bits per heavy atom. The van der Waals surface area contributed by atoms with Crippen LogP contribution >= 0.6 is 0 Å². The maximum absolute atomic E-state index is 13.7. The number of nitrogens with zero attached hydrogens (tertiary/aromatic N) is 2. The molecule has 36 heavy (non-hydrogen) atoms. The molecular weight excluding hydrogens is 458 g/mol. The summed E-state index contributed by atoms with van der Waals surface area (Å²) in [5.41, 5.74) is 4.66. The number of methoxy groups -OCH3 is 2. The molecule has 1 aromatic heterocycles. The molecule has 0 saturated carbocycles. The van der Waals surface area contributed by atoms with Crippen LogP contribution in [0.15, 0.2) is 72.8 Å². The zero-order valence-electron chi connectivity index (χ0n) is 20.1. The summed E-state index contributed by atoms with van der Waals surface area (Å²) in [4.78, 5) is 27.6. The van der Waals surface area contributed by atoms with Crippen molar-refractivity contribution in [3.63, 3.8) is 0 Å². The number of carbonyl (C=O) groups excluding carboxylic acids is 2. The molecule has 0 aliphatic carbocycles. The van der Waals surface area contributed by atoms with Crippen LogP contribution in [-0.4, -0.2) is 42.9 Å². The van der Waals surface area contributed by atoms with E-state index >= 15 is 0 Å². The predicted molar refractivity (Wildman–Crippen MR) is 135 cm³/mol. The Morgan fingerprint density at radius 1 is 0.972 bits per heavy atom. The van der Waals surface area contributed by atoms with E-state index in [0.717, 1.165) is 16.7 Å². The molecule has 1 amide bonds. The van der Waals surface area contributed by atoms with Crippen LogP contribution in [0, 0.1) is 0 Å². The Kier molecular flexibility index (Phi) is 6.16. The Hall–Kier alpha value is -4.59. The molecular formula is C28H25N3O5. The van der Waals surface area contributed by atoms with E-state index in [1.54, 1.807) is 50.3 Å². The highest BCUT2D eigenvalue weighted by molar-refractivity contribution is 6.12. The van der Waals surface area contributed by atoms with Crippen LogP contribution in [0.2, 0.25) is 0 Å². The number of esters is 1. The highest BCUT2D eigenvalue weighted by atomic mass is 16.5. The zero-order valence-corrected chi connectivity index (χ0v) is 20.1. The molecule has 0 fully saturated rings. The number of aromatic nitrogens is 2. The number of fused-ring (bicyclic) bond motifs is 1. The Labute approximate surface area is 208 Å². The highest BCUT2D eigenvalue weighted by Crippen LogP contribution is 2.46. The van der Waals surface area contributed by atoms with E-state index in [9.17, 15) is 9.59 Å². The normalized spacial score (nSPS) is 14.5. The molecule has 8 heteroatoms. The number of rotatable bonds is 7. The van der Waals surface area contributed by atoms with Crippen LogP contribution in [0.3, 0.4) is 0 Å². The predicted octanol–water partition coefficient (Wildman–Crippen LogP) is 5.02. The summed E-state index contributed by atoms with van der Waals surface area (Å²) >= 11 is 0. The molecule has 2 heterocycles. The second kappa shape index (κ2) is 9.58. The van der Waals surface area contributed by atoms with Gasteiger partial charge in [0.2, 0.25) is 0 Å². The van der Waals surface area contributed by atoms with Gasteiger partial charge in [0.1, 0.15) is 5.69 Å². The van der Waals surface area contributed by atoms with Crippen molar-refractivity contribution in [2.24, 2.45) is 0 Å². The lowest BCUT2D eigenvalue weighted by atomic mass is 9.95. The minimum Gasteiger partial charge on any atom is -0.493 e. The molecule has 0 unspecified atom stereocenters. The Morgan fingerprint density at radius 2 is 1.69 bits per heavy atom. The Bertz CT molecular complexity index is 1410. The van der Waals surface area contributed by atoms with Crippen molar-refractivity contribution in [3.8, 4) is 22.8 Å². The van der Waals surface area contributed by atoms with Crippen molar-refractivity contribution in [1.82, 2.24) is 10.2 Å². The number of aromatic amines is 1. The quantitative estimate of drug-likeness (QED) is 0.371. The first kappa shape index (κ1) is 23.2. The standard InChI is InChI=1S/C28H25N3O5/c1-4-36-28(33)18-10-13-20(14-11-18)31-26(19-12-15-21(34-2)22(16-19)35-3)23-24(17-8-6-5-7-9-17)29-30-25(23)27(31)32/h5-16,26H,4H2,1-3H3,(H,29,30)/t26-/m1/s1. The van der Waals surface area contributed by atoms with E-state index in [1.165, 1.54) is 0 Å². The summed E-state index contributed by atoms with van der Waals surface area (Å²) in [6, 6.07) is 21.7. The average molecular weight is 484 g/mol. The lowest BCUT2D eigenvalue weighted by molar-refractivity contribution is 0.0526. The maximum Gasteiger partial charge on any atom is 0.338 e. The van der Waals surface area contributed by atoms with Crippen molar-refractivity contribution in [2.75, 3.05) is 25.7 Å². The van der Waals surface area contributed by atoms with Crippen LogP contribution in [0.4, 0.5) is 5.69 Å². The number of carbonyl (C=O) groups is 2. The lowest BCUT2D eigenvalue weighted by Gasteiger charge is -2.27. The molecule has 0 saturated heterocycles. The van der Waals surface area contributed by atoms with Crippen LogP contribution in [-0.2, 0) is 4.74 Å². The van der Waals surface area contributed by atoms with Gasteiger partial charge >= 0.3 is 5.97 Å². The molecule has 1 aliphatic heterocycles. The van der Waals surface area contributed by atoms with Gasteiger partial charge in [0.15, 0.2) is 11.5 Å². The first-order valence-electron chi connectivity index (χ1n) is 11.5. The van der Waals surface area contributed by atoms with Crippen LogP contribution in [0.5, 0.6) is 11.5 Å². The largest absolute Gasteiger partial charge is 0.493 e. The van der Waals surface area contributed by atoms with Crippen molar-refractivity contribution in [3.05, 3.63) is 95.2 Å². The molecule has 0 radical (unpaired) electrons. The van der Waals surface area contributed by atoms with Gasteiger partial charge in [0.05, 0.1) is 38.1 Å². The summed E-state index contributed by atoms with van der Waals surface area (Å²) in [5, 5.41) is 7.47. The molecule has 8 nitrogen and oxygen atoms in total. The van der Waals surface area contributed by atoms with E-state index in [4.69, 9.17) is 14.2 Å². The SMILES string of the molecule is CCOC(=O)c1ccc(N2C(=O)c3[nH]nc(-c4ccccc4)c3[C@H]2c2ccc(OC)c(OC)c2)cc1. The average Bonchev–Trinajstić information content (AvgIpc) is 3.48. The summed E-state index contributed by atoms with van der Waals surface area (Å²) in [7, 11) is 3.15. The van der Waals surface area contributed by atoms with E-state index in [-0.39, 0.29) is 12.5 Å². The number of anilines is 1. The van der Waals surface area contributed by atoms with Gasteiger partial charge in [-0.3, -0.25) is 14.8 Å². The summed E-state index contributed by atoms with van der Waals surface area (Å²) in [5.74, 6) is 0.516. The first-order valence-corrected chi connectivity index (χ1v) is 11.5. The third kappa shape index (κ3) is 3.86. The molecule has 182 valence electrons. The molecule has 1 atom stereocenters. The van der Waals surface area contributed by atoms with Crippen molar-refractivity contribution in [1.29, 1.82) is 0 Å². The maximum atomic E-state index is 13.7. The van der Waals surface area contributed by atoms with E-state index < -0.39 is 12.0 Å². The lowest BCUT2D eigenvalue weighted by Crippen LogP contribution is -2.29. The van der Waals surface area contributed by atoms with Gasteiger partial charge in [0, 0.05) is 16.8 Å². The van der Waals surface area contributed by atoms with Crippen molar-refractivity contribution >= 4 is 17.6 Å². The van der Waals surface area contributed by atoms with E-state index in [2.05, 4.69) is 10.2 Å². The number of nitrogens with one attached hydrogen (secondary N) is 1. The number of hydrogen-bond donors (Lipinski definition) is 1. The fourth-order valence-electron chi connectivity index (χ4n) is 4.54. The van der Waals surface area contributed by atoms with Crippen molar-refractivity contribution in [2.45, 2.75) is 13.0 Å². The molecule has 0 bridgehead atoms. The third-order valence-corrected chi connectivity index (χ3v) is 6.20. The molecule has 3 aromatic carbocycles. The van der Waals surface area contributed by atoms with Gasteiger partial charge in [-0.05, 0) is 48.9 Å². The van der Waals surface area contributed by atoms with Gasteiger partial charge in [0.25, 0.3) is 5.91 Å². The van der Waals surface area contributed by atoms with Gasteiger partial charge in [-0.25, -0.2) is 4.79 Å². The number of H-pyrrole nitrogens is 1. The molecule has 0 spiro atoms. The van der Waals surface area contributed by atoms with Gasteiger partial charge in [-0.1, -0.05) is 36.4 Å². The minimum atomic E-state index is -0.491. The fourth-order valence-corrected chi connectivity index (χ4v) is 4.54. The van der Waals surface area contributed by atoms with Crippen LogP contribution in [0.1, 0.15) is 44.9 Å². The third-order valence-electron chi connectivity index (χ3n) is 6.20.